The largest absolute Gasteiger partial charge is 0.493 e. The molecular formula is C25H22N6O3. The number of nitrogens with one attached hydrogen (secondary N) is 2. The summed E-state index contributed by atoms with van der Waals surface area (Å²) in [5.41, 5.74) is 4.13. The van der Waals surface area contributed by atoms with Gasteiger partial charge in [-0.15, -0.1) is 0 Å². The molecule has 0 spiro atoms. The van der Waals surface area contributed by atoms with Crippen LogP contribution in [0.2, 0.25) is 0 Å². The molecule has 9 nitrogen and oxygen atoms in total. The summed E-state index contributed by atoms with van der Waals surface area (Å²) < 4.78 is 11.3. The van der Waals surface area contributed by atoms with E-state index in [9.17, 15) is 4.79 Å². The Balaban J connectivity index is 1.46. The topological polar surface area (TPSA) is 115 Å². The number of benzene rings is 1. The highest BCUT2D eigenvalue weighted by Crippen LogP contribution is 2.33. The molecule has 0 fully saturated rings. The Labute approximate surface area is 195 Å². The van der Waals surface area contributed by atoms with Crippen molar-refractivity contribution in [2.75, 3.05) is 13.7 Å². The SMILES string of the molecule is CCOc1cc(-c2cccnc2OC)nc2cc(C(=O)NCc3nc4ccncc4[nH]3)ccc12. The van der Waals surface area contributed by atoms with Crippen LogP contribution >= 0.6 is 0 Å². The van der Waals surface area contributed by atoms with Crippen molar-refractivity contribution in [3.63, 3.8) is 0 Å². The molecule has 0 saturated heterocycles. The van der Waals surface area contributed by atoms with Crippen LogP contribution in [0.4, 0.5) is 0 Å². The quantitative estimate of drug-likeness (QED) is 0.383. The van der Waals surface area contributed by atoms with Crippen LogP contribution in [0.5, 0.6) is 11.6 Å². The van der Waals surface area contributed by atoms with Crippen molar-refractivity contribution >= 4 is 27.8 Å². The van der Waals surface area contributed by atoms with Crippen molar-refractivity contribution in [2.24, 2.45) is 0 Å². The van der Waals surface area contributed by atoms with Crippen LogP contribution in [-0.4, -0.2) is 44.5 Å². The number of ether oxygens (including phenoxy) is 2. The third-order valence-electron chi connectivity index (χ3n) is 5.32. The van der Waals surface area contributed by atoms with E-state index >= 15 is 0 Å². The second-order valence-corrected chi connectivity index (χ2v) is 7.49. The Bertz CT molecular complexity index is 1460. The van der Waals surface area contributed by atoms with Gasteiger partial charge in [-0.25, -0.2) is 15.0 Å². The molecule has 0 unspecified atom stereocenters. The summed E-state index contributed by atoms with van der Waals surface area (Å²) in [4.78, 5) is 33.6. The third kappa shape index (κ3) is 4.11. The number of H-pyrrole nitrogens is 1. The molecule has 0 saturated carbocycles. The Kier molecular flexibility index (Phi) is 5.73. The summed E-state index contributed by atoms with van der Waals surface area (Å²) >= 11 is 0. The molecule has 5 rings (SSSR count). The predicted octanol–water partition coefficient (Wildman–Crippen LogP) is 3.91. The van der Waals surface area contributed by atoms with Crippen LogP contribution in [0.3, 0.4) is 0 Å². The first-order valence-corrected chi connectivity index (χ1v) is 10.8. The normalized spacial score (nSPS) is 11.0. The fourth-order valence-electron chi connectivity index (χ4n) is 3.76. The number of pyridine rings is 3. The molecule has 1 aromatic carbocycles. The van der Waals surface area contributed by atoms with Crippen molar-refractivity contribution in [2.45, 2.75) is 13.5 Å². The second-order valence-electron chi connectivity index (χ2n) is 7.49. The summed E-state index contributed by atoms with van der Waals surface area (Å²) in [7, 11) is 1.57. The Hall–Kier alpha value is -4.53. The van der Waals surface area contributed by atoms with Gasteiger partial charge in [-0.3, -0.25) is 9.78 Å². The summed E-state index contributed by atoms with van der Waals surface area (Å²) in [6.07, 6.45) is 5.04. The summed E-state index contributed by atoms with van der Waals surface area (Å²) in [5.74, 6) is 1.56. The average molecular weight is 454 g/mol. The maximum Gasteiger partial charge on any atom is 0.251 e. The van der Waals surface area contributed by atoms with E-state index in [4.69, 9.17) is 14.5 Å². The molecule has 1 amide bonds. The lowest BCUT2D eigenvalue weighted by molar-refractivity contribution is 0.0950. The number of fused-ring (bicyclic) bond motifs is 2. The lowest BCUT2D eigenvalue weighted by Crippen LogP contribution is -2.23. The van der Waals surface area contributed by atoms with Crippen LogP contribution in [0.1, 0.15) is 23.1 Å². The average Bonchev–Trinajstić information content (AvgIpc) is 3.30. The number of hydrogen-bond acceptors (Lipinski definition) is 7. The van der Waals surface area contributed by atoms with E-state index in [1.807, 2.05) is 37.3 Å². The Morgan fingerprint density at radius 1 is 1.09 bits per heavy atom. The van der Waals surface area contributed by atoms with E-state index in [0.717, 1.165) is 22.0 Å². The zero-order valence-electron chi connectivity index (χ0n) is 18.7. The van der Waals surface area contributed by atoms with Gasteiger partial charge in [0, 0.05) is 29.4 Å². The summed E-state index contributed by atoms with van der Waals surface area (Å²) in [6, 6.07) is 12.7. The van der Waals surface area contributed by atoms with Crippen molar-refractivity contribution in [3.8, 4) is 22.9 Å². The first kappa shape index (κ1) is 21.3. The van der Waals surface area contributed by atoms with E-state index in [-0.39, 0.29) is 12.5 Å². The molecule has 0 aliphatic heterocycles. The number of rotatable bonds is 7. The van der Waals surface area contributed by atoms with Gasteiger partial charge in [-0.2, -0.15) is 0 Å². The highest BCUT2D eigenvalue weighted by atomic mass is 16.5. The van der Waals surface area contributed by atoms with Crippen molar-refractivity contribution < 1.29 is 14.3 Å². The number of aromatic nitrogens is 5. The number of amides is 1. The zero-order valence-corrected chi connectivity index (χ0v) is 18.7. The molecular weight excluding hydrogens is 432 g/mol. The second kappa shape index (κ2) is 9.14. The van der Waals surface area contributed by atoms with Crippen LogP contribution < -0.4 is 14.8 Å². The number of hydrogen-bond donors (Lipinski definition) is 2. The molecule has 0 radical (unpaired) electrons. The monoisotopic (exact) mass is 454 g/mol. The molecule has 9 heteroatoms. The van der Waals surface area contributed by atoms with Gasteiger partial charge in [0.25, 0.3) is 5.91 Å². The molecule has 34 heavy (non-hydrogen) atoms. The van der Waals surface area contributed by atoms with Crippen LogP contribution in [0.25, 0.3) is 33.2 Å². The molecule has 0 aliphatic rings. The van der Waals surface area contributed by atoms with Crippen LogP contribution in [-0.2, 0) is 6.54 Å². The first-order chi connectivity index (χ1) is 16.7. The smallest absolute Gasteiger partial charge is 0.251 e. The van der Waals surface area contributed by atoms with Gasteiger partial charge in [-0.1, -0.05) is 0 Å². The first-order valence-electron chi connectivity index (χ1n) is 10.8. The summed E-state index contributed by atoms with van der Waals surface area (Å²) in [5, 5.41) is 3.72. The van der Waals surface area contributed by atoms with E-state index in [2.05, 4.69) is 25.3 Å². The van der Waals surface area contributed by atoms with Crippen molar-refractivity contribution in [1.82, 2.24) is 30.2 Å². The number of methoxy groups -OCH3 is 1. The maximum absolute atomic E-state index is 12.9. The van der Waals surface area contributed by atoms with Gasteiger partial charge < -0.3 is 19.8 Å². The maximum atomic E-state index is 12.9. The van der Waals surface area contributed by atoms with E-state index in [1.165, 1.54) is 0 Å². The van der Waals surface area contributed by atoms with Gasteiger partial charge in [0.05, 0.1) is 54.3 Å². The molecule has 2 N–H and O–H groups in total. The molecule has 0 bridgehead atoms. The van der Waals surface area contributed by atoms with E-state index < -0.39 is 0 Å². The number of carbonyl (C=O) groups is 1. The van der Waals surface area contributed by atoms with Crippen molar-refractivity contribution in [3.05, 3.63) is 72.4 Å². The minimum Gasteiger partial charge on any atom is -0.493 e. The number of aromatic amines is 1. The van der Waals surface area contributed by atoms with Crippen LogP contribution in [0, 0.1) is 0 Å². The standard InChI is InChI=1S/C25H22N6O3/c1-3-34-22-12-20(17-5-4-9-27-25(17)33-2)29-19-11-15(6-7-16(19)22)24(32)28-14-23-30-18-8-10-26-13-21(18)31-23/h4-13H,3,14H2,1-2H3,(H,28,32)(H,30,31). The molecule has 170 valence electrons. The van der Waals surface area contributed by atoms with E-state index in [1.54, 1.807) is 37.8 Å². The summed E-state index contributed by atoms with van der Waals surface area (Å²) in [6.45, 7) is 2.68. The lowest BCUT2D eigenvalue weighted by atomic mass is 10.1. The zero-order chi connectivity index (χ0) is 23.5. The van der Waals surface area contributed by atoms with Gasteiger partial charge in [0.15, 0.2) is 0 Å². The molecule has 4 heterocycles. The Morgan fingerprint density at radius 2 is 2.00 bits per heavy atom. The number of imidazole rings is 1. The molecule has 0 atom stereocenters. The minimum absolute atomic E-state index is 0.232. The molecule has 0 aliphatic carbocycles. The van der Waals surface area contributed by atoms with Crippen molar-refractivity contribution in [1.29, 1.82) is 0 Å². The Morgan fingerprint density at radius 3 is 2.82 bits per heavy atom. The van der Waals surface area contributed by atoms with Gasteiger partial charge in [0.1, 0.15) is 11.6 Å². The van der Waals surface area contributed by atoms with Gasteiger partial charge in [0.2, 0.25) is 5.88 Å². The number of nitrogens with zero attached hydrogens (tertiary/aromatic N) is 4. The highest BCUT2D eigenvalue weighted by molar-refractivity contribution is 5.99. The van der Waals surface area contributed by atoms with E-state index in [0.29, 0.717) is 40.8 Å². The third-order valence-corrected chi connectivity index (χ3v) is 5.32. The van der Waals surface area contributed by atoms with Gasteiger partial charge >= 0.3 is 0 Å². The minimum atomic E-state index is -0.232. The molecule has 5 aromatic rings. The lowest BCUT2D eigenvalue weighted by Gasteiger charge is -2.13. The van der Waals surface area contributed by atoms with Crippen LogP contribution in [0.15, 0.2) is 61.1 Å². The number of carbonyl (C=O) groups excluding carboxylic acids is 1. The molecule has 4 aromatic heterocycles. The predicted molar refractivity (Wildman–Crippen MR) is 128 cm³/mol. The highest BCUT2D eigenvalue weighted by Gasteiger charge is 2.15. The fourth-order valence-corrected chi connectivity index (χ4v) is 3.76. The fraction of sp³-hybridized carbons (Fsp3) is 0.160. The van der Waals surface area contributed by atoms with Gasteiger partial charge in [-0.05, 0) is 43.3 Å².